The number of carbonyl (C=O) groups is 1. The summed E-state index contributed by atoms with van der Waals surface area (Å²) in [5.74, 6) is -2.34. The van der Waals surface area contributed by atoms with Gasteiger partial charge in [0.15, 0.2) is 0 Å². The summed E-state index contributed by atoms with van der Waals surface area (Å²) in [5, 5.41) is 20.8. The zero-order valence-electron chi connectivity index (χ0n) is 26.8. The van der Waals surface area contributed by atoms with Crippen LogP contribution in [0, 0.1) is 18.6 Å². The van der Waals surface area contributed by atoms with Crippen LogP contribution in [-0.2, 0) is 26.5 Å². The van der Waals surface area contributed by atoms with Crippen molar-refractivity contribution < 1.29 is 35.5 Å². The van der Waals surface area contributed by atoms with Crippen molar-refractivity contribution in [2.75, 3.05) is 48.1 Å². The van der Waals surface area contributed by atoms with Crippen LogP contribution in [0.1, 0.15) is 41.3 Å². The summed E-state index contributed by atoms with van der Waals surface area (Å²) in [4.78, 5) is 14.0. The molecule has 0 unspecified atom stereocenters. The van der Waals surface area contributed by atoms with Crippen LogP contribution in [0.25, 0.3) is 0 Å². The van der Waals surface area contributed by atoms with Crippen LogP contribution in [0.5, 0.6) is 0 Å². The van der Waals surface area contributed by atoms with Crippen LogP contribution in [0.15, 0.2) is 65.6 Å². The van der Waals surface area contributed by atoms with E-state index in [9.17, 15) is 35.5 Å². The fraction of sp³-hybridized carbons (Fsp3) is 0.424. The average Bonchev–Trinajstić information content (AvgIpc) is 3.03. The number of carbonyl (C=O) groups excluding carboxylic acids is 1. The number of aryl methyl sites for hydroxylation is 1. The van der Waals surface area contributed by atoms with Crippen LogP contribution in [-0.4, -0.2) is 88.8 Å². The van der Waals surface area contributed by atoms with Gasteiger partial charge < -0.3 is 21.1 Å². The normalized spacial score (nSPS) is 19.8. The van der Waals surface area contributed by atoms with Gasteiger partial charge in [0.2, 0.25) is 20.0 Å². The molecule has 0 bridgehead atoms. The van der Waals surface area contributed by atoms with Crippen LogP contribution in [0.3, 0.4) is 0 Å². The van der Waals surface area contributed by atoms with Gasteiger partial charge in [-0.25, -0.2) is 25.6 Å². The number of nitrogens with one attached hydrogen (secondary N) is 3. The summed E-state index contributed by atoms with van der Waals surface area (Å²) in [5.41, 5.74) is 1.86. The summed E-state index contributed by atoms with van der Waals surface area (Å²) >= 11 is 0. The third kappa shape index (κ3) is 8.32. The summed E-state index contributed by atoms with van der Waals surface area (Å²) < 4.78 is 83.8. The van der Waals surface area contributed by atoms with E-state index in [1.54, 1.807) is 37.3 Å². The van der Waals surface area contributed by atoms with E-state index in [-0.39, 0.29) is 54.4 Å². The Hall–Kier alpha value is -3.63. The van der Waals surface area contributed by atoms with Crippen molar-refractivity contribution in [1.82, 2.24) is 14.9 Å². The Balaban J connectivity index is 1.45. The highest BCUT2D eigenvalue weighted by molar-refractivity contribution is 7.92. The Morgan fingerprint density at radius 2 is 1.81 bits per heavy atom. The van der Waals surface area contributed by atoms with E-state index in [4.69, 9.17) is 0 Å². The van der Waals surface area contributed by atoms with Gasteiger partial charge in [0, 0.05) is 56.1 Å². The van der Waals surface area contributed by atoms with Crippen LogP contribution >= 0.6 is 0 Å². The minimum Gasteiger partial charge on any atom is -0.389 e. The van der Waals surface area contributed by atoms with Crippen molar-refractivity contribution in [3.63, 3.8) is 0 Å². The Labute approximate surface area is 280 Å². The number of aliphatic hydroxyl groups is 1. The maximum absolute atomic E-state index is 14.2. The van der Waals surface area contributed by atoms with Gasteiger partial charge >= 0.3 is 0 Å². The molecule has 0 aliphatic carbocycles. The van der Waals surface area contributed by atoms with Crippen LogP contribution in [0.4, 0.5) is 20.2 Å². The minimum atomic E-state index is -3.91. The first kappa shape index (κ1) is 35.7. The number of halogens is 2. The largest absolute Gasteiger partial charge is 0.389 e. The fourth-order valence-corrected chi connectivity index (χ4v) is 9.36. The topological polar surface area (TPSA) is 148 Å². The quantitative estimate of drug-likeness (QED) is 0.238. The van der Waals surface area contributed by atoms with Gasteiger partial charge in [-0.2, -0.15) is 4.31 Å². The monoisotopic (exact) mass is 705 g/mol. The molecule has 0 spiro atoms. The molecule has 11 nitrogen and oxygen atoms in total. The first-order valence-corrected chi connectivity index (χ1v) is 19.0. The summed E-state index contributed by atoms with van der Waals surface area (Å²) in [6.45, 7) is 4.63. The van der Waals surface area contributed by atoms with Gasteiger partial charge in [0.1, 0.15) is 11.6 Å². The molecule has 3 aromatic carbocycles. The zero-order chi connectivity index (χ0) is 34.6. The number of hydrogen-bond donors (Lipinski definition) is 4. The maximum Gasteiger partial charge on any atom is 0.251 e. The highest BCUT2D eigenvalue weighted by Gasteiger charge is 2.37. The van der Waals surface area contributed by atoms with Gasteiger partial charge in [0.25, 0.3) is 5.91 Å². The molecule has 4 N–H and O–H groups in total. The van der Waals surface area contributed by atoms with Crippen molar-refractivity contribution >= 4 is 37.3 Å². The van der Waals surface area contributed by atoms with Crippen LogP contribution < -0.4 is 20.3 Å². The first-order chi connectivity index (χ1) is 22.8. The molecule has 260 valence electrons. The maximum atomic E-state index is 14.2. The molecular formula is C33H41F2N5O6S2. The molecule has 15 heteroatoms. The number of sulfonamides is 2. The molecule has 0 aromatic heterocycles. The highest BCUT2D eigenvalue weighted by Crippen LogP contribution is 2.29. The first-order valence-electron chi connectivity index (χ1n) is 15.9. The van der Waals surface area contributed by atoms with Crippen molar-refractivity contribution in [3.05, 3.63) is 89.0 Å². The molecule has 0 radical (unpaired) electrons. The van der Waals surface area contributed by atoms with E-state index in [2.05, 4.69) is 16.0 Å². The van der Waals surface area contributed by atoms with E-state index in [1.807, 2.05) is 6.92 Å². The lowest BCUT2D eigenvalue weighted by Crippen LogP contribution is -2.62. The van der Waals surface area contributed by atoms with Gasteiger partial charge in [-0.15, -0.1) is 0 Å². The Kier molecular flexibility index (Phi) is 11.0. The molecule has 2 saturated heterocycles. The van der Waals surface area contributed by atoms with Crippen molar-refractivity contribution in [1.29, 1.82) is 0 Å². The Bertz CT molecular complexity index is 1840. The second-order valence-corrected chi connectivity index (χ2v) is 16.1. The minimum absolute atomic E-state index is 0.0105. The van der Waals surface area contributed by atoms with E-state index in [1.165, 1.54) is 20.7 Å². The molecule has 0 saturated carbocycles. The van der Waals surface area contributed by atoms with E-state index >= 15 is 0 Å². The van der Waals surface area contributed by atoms with Crippen LogP contribution in [0.2, 0.25) is 0 Å². The molecule has 2 aliphatic heterocycles. The smallest absolute Gasteiger partial charge is 0.251 e. The van der Waals surface area contributed by atoms with E-state index in [0.29, 0.717) is 36.8 Å². The molecule has 3 aromatic rings. The molecular weight excluding hydrogens is 665 g/mol. The number of amides is 1. The number of aliphatic hydroxyl groups excluding tert-OH is 1. The van der Waals surface area contributed by atoms with E-state index in [0.717, 1.165) is 17.7 Å². The summed E-state index contributed by atoms with van der Waals surface area (Å²) in [6.07, 6.45) is -0.395. The molecule has 2 aliphatic rings. The highest BCUT2D eigenvalue weighted by atomic mass is 32.2. The summed E-state index contributed by atoms with van der Waals surface area (Å²) in [6, 6.07) is 12.1. The predicted octanol–water partition coefficient (Wildman–Crippen LogP) is 3.00. The lowest BCUT2D eigenvalue weighted by molar-refractivity contribution is 0.0600. The number of hydrogen-bond acceptors (Lipinski definition) is 8. The molecule has 2 fully saturated rings. The average molecular weight is 706 g/mol. The number of nitrogens with zero attached hydrogens (tertiary/aromatic N) is 2. The second kappa shape index (κ2) is 14.9. The Morgan fingerprint density at radius 3 is 2.50 bits per heavy atom. The zero-order valence-corrected chi connectivity index (χ0v) is 28.5. The number of benzene rings is 3. The molecule has 48 heavy (non-hydrogen) atoms. The van der Waals surface area contributed by atoms with Crippen molar-refractivity contribution in [2.24, 2.45) is 0 Å². The van der Waals surface area contributed by atoms with Gasteiger partial charge in [-0.1, -0.05) is 12.1 Å². The molecule has 2 heterocycles. The second-order valence-electron chi connectivity index (χ2n) is 12.2. The van der Waals surface area contributed by atoms with E-state index < -0.39 is 55.8 Å². The number of anilines is 2. The lowest BCUT2D eigenvalue weighted by Gasteiger charge is -2.38. The van der Waals surface area contributed by atoms with Crippen molar-refractivity contribution in [3.8, 4) is 0 Å². The number of piperazine rings is 1. The SMILES string of the molecule is CCNc1cc(C(=O)N[C@@H](Cc2cc(F)cc(F)c2)[C@H](O)[C@H]2CN(S(=O)(=O)c3cccc(C)c3)CCN2)cc(N2CCCCS2(=O)=O)c1. The molecule has 1 amide bonds. The molecule has 3 atom stereocenters. The fourth-order valence-electron chi connectivity index (χ4n) is 6.17. The van der Waals surface area contributed by atoms with Gasteiger partial charge in [-0.05, 0) is 86.7 Å². The lowest BCUT2D eigenvalue weighted by atomic mass is 9.94. The molecule has 5 rings (SSSR count). The standard InChI is InChI=1S/C33H41F2N5O6S2/c1-3-36-27-17-24(18-28(20-27)40-10-4-5-12-47(40,43)44)33(42)38-30(16-23-14-25(34)19-26(35)15-23)32(41)31-21-39(11-9-37-31)48(45,46)29-8-6-7-22(2)13-29/h6-8,13-15,17-20,30-32,36-37,41H,3-5,9-12,16,21H2,1-2H3,(H,38,42)/t30-,31+,32-/m0/s1. The Morgan fingerprint density at radius 1 is 1.06 bits per heavy atom. The number of rotatable bonds is 11. The van der Waals surface area contributed by atoms with Crippen molar-refractivity contribution in [2.45, 2.75) is 56.2 Å². The van der Waals surface area contributed by atoms with Gasteiger partial charge in [-0.3, -0.25) is 9.10 Å². The predicted molar refractivity (Wildman–Crippen MR) is 180 cm³/mol. The third-order valence-corrected chi connectivity index (χ3v) is 12.2. The third-order valence-electron chi connectivity index (χ3n) is 8.51. The summed E-state index contributed by atoms with van der Waals surface area (Å²) in [7, 11) is -7.50. The van der Waals surface area contributed by atoms with Gasteiger partial charge in [0.05, 0.1) is 28.5 Å².